The zero-order chi connectivity index (χ0) is 13.0. The normalized spacial score (nSPS) is 11.9. The van der Waals surface area contributed by atoms with Gasteiger partial charge >= 0.3 is 0 Å². The maximum Gasteiger partial charge on any atom is 0.205 e. The molecule has 1 atom stereocenters. The topological polar surface area (TPSA) is 74.7 Å². The number of halogens is 1. The van der Waals surface area contributed by atoms with E-state index >= 15 is 0 Å². The maximum absolute atomic E-state index is 10.2. The average molecular weight is 318 g/mol. The molecule has 1 unspecified atom stereocenters. The third-order valence-corrected chi connectivity index (χ3v) is 3.28. The second-order valence-corrected chi connectivity index (χ2v) is 5.04. The van der Waals surface area contributed by atoms with Gasteiger partial charge in [-0.2, -0.15) is 5.21 Å². The van der Waals surface area contributed by atoms with Crippen LogP contribution in [-0.4, -0.2) is 44.6 Å². The van der Waals surface area contributed by atoms with Crippen LogP contribution in [0.25, 0.3) is 11.4 Å². The Morgan fingerprint density at radius 3 is 2.84 bits per heavy atom. The van der Waals surface area contributed by atoms with E-state index in [0.29, 0.717) is 5.82 Å². The molecule has 97 valence electrons. The number of nitrogens with one attached hydrogen (secondary N) is 1. The van der Waals surface area contributed by atoms with Crippen LogP contribution in [-0.2, 0) is 0 Å². The standard InChI is InChI=1S/C12H15BrN4O.Li/c1-2-3-4-11(18)9-6-5-8(13)7-10(9)12-14-16-17-15-12;/h5-7,11,18H,2-4H2,1H3,(H,14,15,16,17);. The van der Waals surface area contributed by atoms with E-state index < -0.39 is 6.10 Å². The van der Waals surface area contributed by atoms with Crippen molar-refractivity contribution < 1.29 is 5.11 Å². The number of aliphatic hydroxyl groups is 1. The Kier molecular flexibility index (Phi) is 6.73. The summed E-state index contributed by atoms with van der Waals surface area (Å²) in [6.07, 6.45) is 2.29. The molecule has 2 aromatic rings. The number of hydrogen-bond acceptors (Lipinski definition) is 4. The van der Waals surface area contributed by atoms with Crippen molar-refractivity contribution in [3.05, 3.63) is 28.2 Å². The van der Waals surface area contributed by atoms with E-state index in [2.05, 4.69) is 43.5 Å². The summed E-state index contributed by atoms with van der Waals surface area (Å²) in [7, 11) is 0. The van der Waals surface area contributed by atoms with Gasteiger partial charge in [-0.05, 0) is 29.3 Å². The van der Waals surface area contributed by atoms with Crippen molar-refractivity contribution in [3.8, 4) is 11.4 Å². The zero-order valence-electron chi connectivity index (χ0n) is 11.1. The number of aromatic amines is 1. The number of rotatable bonds is 5. The van der Waals surface area contributed by atoms with Crippen LogP contribution in [0.4, 0.5) is 0 Å². The molecule has 0 spiro atoms. The molecule has 0 aliphatic heterocycles. The van der Waals surface area contributed by atoms with Gasteiger partial charge in [0, 0.05) is 28.9 Å². The first-order chi connectivity index (χ1) is 8.72. The molecular weight excluding hydrogens is 303 g/mol. The van der Waals surface area contributed by atoms with Crippen LogP contribution in [0, 0.1) is 0 Å². The zero-order valence-corrected chi connectivity index (χ0v) is 12.7. The number of tetrazole rings is 1. The van der Waals surface area contributed by atoms with Gasteiger partial charge in [0.25, 0.3) is 0 Å². The fourth-order valence-corrected chi connectivity index (χ4v) is 2.20. The molecule has 0 aliphatic rings. The van der Waals surface area contributed by atoms with Gasteiger partial charge in [-0.1, -0.05) is 41.8 Å². The van der Waals surface area contributed by atoms with E-state index in [0.717, 1.165) is 34.9 Å². The Morgan fingerprint density at radius 2 is 2.21 bits per heavy atom. The van der Waals surface area contributed by atoms with Crippen LogP contribution >= 0.6 is 15.9 Å². The van der Waals surface area contributed by atoms with E-state index in [9.17, 15) is 5.11 Å². The number of hydrogen-bond donors (Lipinski definition) is 2. The van der Waals surface area contributed by atoms with E-state index in [4.69, 9.17) is 0 Å². The predicted octanol–water partition coefficient (Wildman–Crippen LogP) is 2.47. The fourth-order valence-electron chi connectivity index (χ4n) is 1.84. The molecule has 0 aliphatic carbocycles. The third-order valence-electron chi connectivity index (χ3n) is 2.79. The molecule has 1 aromatic carbocycles. The third kappa shape index (κ3) is 4.15. The number of aromatic nitrogens is 4. The van der Waals surface area contributed by atoms with Crippen LogP contribution in [0.2, 0.25) is 0 Å². The van der Waals surface area contributed by atoms with Gasteiger partial charge in [0.1, 0.15) is 0 Å². The van der Waals surface area contributed by atoms with Gasteiger partial charge in [-0.25, -0.2) is 0 Å². The molecule has 0 bridgehead atoms. The molecule has 1 aromatic heterocycles. The van der Waals surface area contributed by atoms with E-state index in [-0.39, 0.29) is 18.9 Å². The Bertz CT molecular complexity index is 506. The monoisotopic (exact) mass is 317 g/mol. The molecule has 1 heterocycles. The number of aliphatic hydroxyl groups excluding tert-OH is 1. The summed E-state index contributed by atoms with van der Waals surface area (Å²) in [5.74, 6) is 0.502. The second-order valence-electron chi connectivity index (χ2n) is 4.13. The van der Waals surface area contributed by atoms with Crippen LogP contribution < -0.4 is 0 Å². The molecule has 0 saturated heterocycles. The van der Waals surface area contributed by atoms with Gasteiger partial charge in [-0.3, -0.25) is 0 Å². The van der Waals surface area contributed by atoms with Gasteiger partial charge in [0.2, 0.25) is 5.82 Å². The van der Waals surface area contributed by atoms with Gasteiger partial charge in [0.05, 0.1) is 6.10 Å². The molecule has 0 amide bonds. The number of unbranched alkanes of at least 4 members (excludes halogenated alkanes) is 1. The minimum absolute atomic E-state index is 0. The number of benzene rings is 1. The van der Waals surface area contributed by atoms with Crippen molar-refractivity contribution in [2.24, 2.45) is 0 Å². The Balaban J connectivity index is 0.00000180. The first-order valence-electron chi connectivity index (χ1n) is 5.93. The van der Waals surface area contributed by atoms with Gasteiger partial charge < -0.3 is 5.11 Å². The van der Waals surface area contributed by atoms with E-state index in [1.165, 1.54) is 0 Å². The Morgan fingerprint density at radius 1 is 1.42 bits per heavy atom. The molecule has 0 saturated carbocycles. The Labute approximate surface area is 132 Å². The quantitative estimate of drug-likeness (QED) is 0.831. The summed E-state index contributed by atoms with van der Waals surface area (Å²) in [5.41, 5.74) is 1.65. The van der Waals surface area contributed by atoms with Crippen molar-refractivity contribution in [2.45, 2.75) is 32.3 Å². The summed E-state index contributed by atoms with van der Waals surface area (Å²) in [6.45, 7) is 2.11. The molecule has 5 nitrogen and oxygen atoms in total. The number of H-pyrrole nitrogens is 1. The summed E-state index contributed by atoms with van der Waals surface area (Å²) < 4.78 is 0.925. The van der Waals surface area contributed by atoms with Crippen molar-refractivity contribution in [2.75, 3.05) is 0 Å². The molecule has 1 radical (unpaired) electrons. The van der Waals surface area contributed by atoms with Gasteiger partial charge in [0.15, 0.2) is 0 Å². The smallest absolute Gasteiger partial charge is 0.205 e. The second kappa shape index (κ2) is 7.81. The molecule has 0 fully saturated rings. The minimum Gasteiger partial charge on any atom is -0.388 e. The summed E-state index contributed by atoms with van der Waals surface area (Å²) in [4.78, 5) is 0. The molecule has 2 rings (SSSR count). The van der Waals surface area contributed by atoms with Crippen molar-refractivity contribution >= 4 is 34.8 Å². The van der Waals surface area contributed by atoms with Crippen LogP contribution in [0.15, 0.2) is 22.7 Å². The number of nitrogens with zero attached hydrogens (tertiary/aromatic N) is 3. The van der Waals surface area contributed by atoms with Crippen molar-refractivity contribution in [3.63, 3.8) is 0 Å². The van der Waals surface area contributed by atoms with E-state index in [1.807, 2.05) is 18.2 Å². The van der Waals surface area contributed by atoms with E-state index in [1.54, 1.807) is 0 Å². The first-order valence-corrected chi connectivity index (χ1v) is 6.73. The van der Waals surface area contributed by atoms with Gasteiger partial charge in [-0.15, -0.1) is 10.2 Å². The van der Waals surface area contributed by atoms with Crippen molar-refractivity contribution in [1.82, 2.24) is 20.6 Å². The van der Waals surface area contributed by atoms with Crippen molar-refractivity contribution in [1.29, 1.82) is 0 Å². The average Bonchev–Trinajstić information content (AvgIpc) is 2.89. The first kappa shape index (κ1) is 16.4. The SMILES string of the molecule is CCCCC(O)c1ccc(Br)cc1-c1nn[nH]n1.[Li]. The molecule has 7 heteroatoms. The molecule has 19 heavy (non-hydrogen) atoms. The molecule has 2 N–H and O–H groups in total. The summed E-state index contributed by atoms with van der Waals surface area (Å²) in [5, 5.41) is 24.2. The van der Waals surface area contributed by atoms with Crippen LogP contribution in [0.1, 0.15) is 37.9 Å². The maximum atomic E-state index is 10.2. The summed E-state index contributed by atoms with van der Waals surface area (Å²) in [6, 6.07) is 5.71. The summed E-state index contributed by atoms with van der Waals surface area (Å²) >= 11 is 3.42. The van der Waals surface area contributed by atoms with Crippen LogP contribution in [0.5, 0.6) is 0 Å². The predicted molar refractivity (Wildman–Crippen MR) is 77.6 cm³/mol. The fraction of sp³-hybridized carbons (Fsp3) is 0.417. The molecular formula is C12H15BrLiN4O. The largest absolute Gasteiger partial charge is 0.388 e. The minimum atomic E-state index is -0.494. The Hall–Kier alpha value is -0.673. The van der Waals surface area contributed by atoms with Crippen LogP contribution in [0.3, 0.4) is 0 Å².